The van der Waals surface area contributed by atoms with Crippen LogP contribution < -0.4 is 0 Å². The van der Waals surface area contributed by atoms with Crippen LogP contribution in [0.3, 0.4) is 0 Å². The normalized spacial score (nSPS) is 18.6. The quantitative estimate of drug-likeness (QED) is 0.478. The van der Waals surface area contributed by atoms with Crippen LogP contribution in [0.25, 0.3) is 0 Å². The molecule has 0 aromatic carbocycles. The van der Waals surface area contributed by atoms with E-state index in [4.69, 9.17) is 4.74 Å². The first-order valence-electron chi connectivity index (χ1n) is 7.60. The highest BCUT2D eigenvalue weighted by Gasteiger charge is 2.25. The van der Waals surface area contributed by atoms with E-state index in [2.05, 4.69) is 13.8 Å². The second-order valence-electron chi connectivity index (χ2n) is 5.19. The molecule has 0 bridgehead atoms. The molecule has 0 spiro atoms. The standard InChI is InChI=1S/C15H28O2S/c1-3-5-12-17-15(16)14(9-4-2)18-13-10-7-6-8-11-13/h13-14H,3-12H2,1-2H3. The van der Waals surface area contributed by atoms with Crippen molar-refractivity contribution in [2.45, 2.75) is 82.1 Å². The summed E-state index contributed by atoms with van der Waals surface area (Å²) in [5, 5.41) is 0.768. The minimum Gasteiger partial charge on any atom is -0.465 e. The molecular formula is C15H28O2S. The van der Waals surface area contributed by atoms with Gasteiger partial charge in [0.05, 0.1) is 6.61 Å². The van der Waals surface area contributed by atoms with Crippen LogP contribution >= 0.6 is 11.8 Å². The van der Waals surface area contributed by atoms with E-state index in [9.17, 15) is 4.79 Å². The van der Waals surface area contributed by atoms with Crippen LogP contribution in [0.5, 0.6) is 0 Å². The molecule has 1 rings (SSSR count). The fraction of sp³-hybridized carbons (Fsp3) is 0.933. The molecule has 0 aromatic heterocycles. The van der Waals surface area contributed by atoms with Crippen LogP contribution in [0.4, 0.5) is 0 Å². The van der Waals surface area contributed by atoms with Crippen molar-refractivity contribution in [3.05, 3.63) is 0 Å². The minimum atomic E-state index is 0.0286. The number of ether oxygens (including phenoxy) is 1. The topological polar surface area (TPSA) is 26.3 Å². The van der Waals surface area contributed by atoms with Crippen molar-refractivity contribution < 1.29 is 9.53 Å². The summed E-state index contributed by atoms with van der Waals surface area (Å²) < 4.78 is 5.38. The van der Waals surface area contributed by atoms with Gasteiger partial charge >= 0.3 is 5.97 Å². The van der Waals surface area contributed by atoms with Crippen molar-refractivity contribution in [2.24, 2.45) is 0 Å². The van der Waals surface area contributed by atoms with E-state index in [0.717, 1.165) is 25.7 Å². The molecule has 1 saturated carbocycles. The lowest BCUT2D eigenvalue weighted by atomic mass is 10.0. The highest BCUT2D eigenvalue weighted by atomic mass is 32.2. The highest BCUT2D eigenvalue weighted by molar-refractivity contribution is 8.01. The van der Waals surface area contributed by atoms with Gasteiger partial charge in [-0.15, -0.1) is 11.8 Å². The Morgan fingerprint density at radius 2 is 1.94 bits per heavy atom. The lowest BCUT2D eigenvalue weighted by Crippen LogP contribution is -2.24. The maximum Gasteiger partial charge on any atom is 0.319 e. The van der Waals surface area contributed by atoms with Crippen LogP contribution in [-0.4, -0.2) is 23.1 Å². The third-order valence-corrected chi connectivity index (χ3v) is 5.08. The first-order valence-corrected chi connectivity index (χ1v) is 8.54. The van der Waals surface area contributed by atoms with Gasteiger partial charge in [0, 0.05) is 5.25 Å². The maximum absolute atomic E-state index is 12.0. The summed E-state index contributed by atoms with van der Waals surface area (Å²) in [5.74, 6) is 0.0286. The summed E-state index contributed by atoms with van der Waals surface area (Å²) in [6.45, 7) is 4.86. The largest absolute Gasteiger partial charge is 0.465 e. The SMILES string of the molecule is CCCCOC(=O)C(CCC)SC1CCCCC1. The zero-order chi connectivity index (χ0) is 13.2. The third kappa shape index (κ3) is 6.12. The number of hydrogen-bond donors (Lipinski definition) is 0. The van der Waals surface area contributed by atoms with Crippen molar-refractivity contribution in [1.82, 2.24) is 0 Å². The van der Waals surface area contributed by atoms with Crippen LogP contribution in [-0.2, 0) is 9.53 Å². The first kappa shape index (κ1) is 15.9. The number of carbonyl (C=O) groups excluding carboxylic acids is 1. The predicted molar refractivity (Wildman–Crippen MR) is 79.0 cm³/mol. The summed E-state index contributed by atoms with van der Waals surface area (Å²) in [6, 6.07) is 0. The van der Waals surface area contributed by atoms with Crippen LogP contribution in [0.1, 0.15) is 71.6 Å². The molecule has 2 nitrogen and oxygen atoms in total. The van der Waals surface area contributed by atoms with Gasteiger partial charge in [-0.2, -0.15) is 0 Å². The van der Waals surface area contributed by atoms with Gasteiger partial charge in [-0.3, -0.25) is 4.79 Å². The van der Waals surface area contributed by atoms with Gasteiger partial charge in [0.1, 0.15) is 5.25 Å². The second kappa shape index (κ2) is 9.71. The molecule has 1 aliphatic carbocycles. The number of unbranched alkanes of at least 4 members (excludes halogenated alkanes) is 1. The summed E-state index contributed by atoms with van der Waals surface area (Å²) in [6.07, 6.45) is 10.7. The van der Waals surface area contributed by atoms with E-state index in [0.29, 0.717) is 11.9 Å². The molecule has 0 heterocycles. The Balaban J connectivity index is 2.34. The van der Waals surface area contributed by atoms with E-state index >= 15 is 0 Å². The summed E-state index contributed by atoms with van der Waals surface area (Å²) in [4.78, 5) is 12.0. The number of rotatable bonds is 8. The number of hydrogen-bond acceptors (Lipinski definition) is 3. The third-order valence-electron chi connectivity index (χ3n) is 3.46. The average Bonchev–Trinajstić information content (AvgIpc) is 2.39. The van der Waals surface area contributed by atoms with Crippen LogP contribution in [0.2, 0.25) is 0 Å². The van der Waals surface area contributed by atoms with Gasteiger partial charge in [0.25, 0.3) is 0 Å². The lowest BCUT2D eigenvalue weighted by Gasteiger charge is -2.25. The lowest BCUT2D eigenvalue weighted by molar-refractivity contribution is -0.143. The molecule has 3 heteroatoms. The Bertz CT molecular complexity index is 225. The Kier molecular flexibility index (Phi) is 8.57. The van der Waals surface area contributed by atoms with Crippen molar-refractivity contribution in [2.75, 3.05) is 6.61 Å². The molecule has 0 aromatic rings. The van der Waals surface area contributed by atoms with Gasteiger partial charge in [0.15, 0.2) is 0 Å². The van der Waals surface area contributed by atoms with Gasteiger partial charge in [-0.05, 0) is 25.7 Å². The zero-order valence-corrected chi connectivity index (χ0v) is 12.8. The number of thioether (sulfide) groups is 1. The van der Waals surface area contributed by atoms with E-state index in [1.165, 1.54) is 32.1 Å². The number of esters is 1. The summed E-state index contributed by atoms with van der Waals surface area (Å²) >= 11 is 1.88. The molecule has 1 atom stereocenters. The van der Waals surface area contributed by atoms with E-state index in [1.54, 1.807) is 0 Å². The Morgan fingerprint density at radius 3 is 2.56 bits per heavy atom. The van der Waals surface area contributed by atoms with Gasteiger partial charge in [-0.25, -0.2) is 0 Å². The monoisotopic (exact) mass is 272 g/mol. The molecule has 18 heavy (non-hydrogen) atoms. The molecule has 0 amide bonds. The van der Waals surface area contributed by atoms with E-state index < -0.39 is 0 Å². The summed E-state index contributed by atoms with van der Waals surface area (Å²) in [7, 11) is 0. The van der Waals surface area contributed by atoms with Crippen molar-refractivity contribution in [1.29, 1.82) is 0 Å². The van der Waals surface area contributed by atoms with Gasteiger partial charge < -0.3 is 4.74 Å². The molecule has 0 aliphatic heterocycles. The maximum atomic E-state index is 12.0. The minimum absolute atomic E-state index is 0.0286. The Morgan fingerprint density at radius 1 is 1.22 bits per heavy atom. The molecule has 0 N–H and O–H groups in total. The first-order chi connectivity index (χ1) is 8.77. The Hall–Kier alpha value is -0.180. The number of carbonyl (C=O) groups is 1. The zero-order valence-electron chi connectivity index (χ0n) is 12.0. The second-order valence-corrected chi connectivity index (χ2v) is 6.70. The molecule has 0 radical (unpaired) electrons. The average molecular weight is 272 g/mol. The molecular weight excluding hydrogens is 244 g/mol. The fourth-order valence-corrected chi connectivity index (χ4v) is 3.97. The molecule has 106 valence electrons. The highest BCUT2D eigenvalue weighted by Crippen LogP contribution is 2.33. The van der Waals surface area contributed by atoms with Gasteiger partial charge in [-0.1, -0.05) is 46.0 Å². The van der Waals surface area contributed by atoms with Crippen molar-refractivity contribution in [3.8, 4) is 0 Å². The molecule has 0 saturated heterocycles. The molecule has 1 unspecified atom stereocenters. The molecule has 1 fully saturated rings. The van der Waals surface area contributed by atoms with E-state index in [1.807, 2.05) is 11.8 Å². The van der Waals surface area contributed by atoms with Crippen LogP contribution in [0, 0.1) is 0 Å². The van der Waals surface area contributed by atoms with Gasteiger partial charge in [0.2, 0.25) is 0 Å². The summed E-state index contributed by atoms with van der Waals surface area (Å²) in [5.41, 5.74) is 0. The smallest absolute Gasteiger partial charge is 0.319 e. The fourth-order valence-electron chi connectivity index (χ4n) is 2.35. The Labute approximate surface area is 116 Å². The van der Waals surface area contributed by atoms with E-state index in [-0.39, 0.29) is 11.2 Å². The van der Waals surface area contributed by atoms with Crippen molar-refractivity contribution in [3.63, 3.8) is 0 Å². The van der Waals surface area contributed by atoms with Crippen LogP contribution in [0.15, 0.2) is 0 Å². The van der Waals surface area contributed by atoms with Crippen molar-refractivity contribution >= 4 is 17.7 Å². The predicted octanol–water partition coefficient (Wildman–Crippen LogP) is 4.56. The molecule has 1 aliphatic rings.